The Morgan fingerprint density at radius 2 is 1.82 bits per heavy atom. The predicted octanol–water partition coefficient (Wildman–Crippen LogP) is 2.98. The van der Waals surface area contributed by atoms with Gasteiger partial charge in [-0.25, -0.2) is 0 Å². The van der Waals surface area contributed by atoms with Crippen molar-refractivity contribution >= 4 is 5.91 Å². The average Bonchev–Trinajstić information content (AvgIpc) is 2.23. The molecule has 17 heavy (non-hydrogen) atoms. The molecule has 2 atom stereocenters. The second-order valence-electron chi connectivity index (χ2n) is 5.19. The highest BCUT2D eigenvalue weighted by atomic mass is 16.1. The second kappa shape index (κ2) is 10.6. The summed E-state index contributed by atoms with van der Waals surface area (Å²) in [7, 11) is 0. The van der Waals surface area contributed by atoms with Gasteiger partial charge < -0.3 is 11.1 Å². The first-order valence-electron chi connectivity index (χ1n) is 7.11. The minimum Gasteiger partial charge on any atom is -0.354 e. The molecule has 0 heterocycles. The smallest absolute Gasteiger partial charge is 0.220 e. The van der Waals surface area contributed by atoms with Crippen LogP contribution in [0.1, 0.15) is 72.1 Å². The lowest BCUT2D eigenvalue weighted by molar-refractivity contribution is -0.121. The standard InChI is InChI=1S/C14H30N2O/c1-4-5-6-7-10-13(3)16-14(17)11-8-9-12(2)15/h12-13H,4-11,15H2,1-3H3,(H,16,17). The Labute approximate surface area is 107 Å². The maximum atomic E-state index is 11.6. The molecule has 0 spiro atoms. The summed E-state index contributed by atoms with van der Waals surface area (Å²) in [5.41, 5.74) is 5.64. The van der Waals surface area contributed by atoms with Gasteiger partial charge in [-0.2, -0.15) is 0 Å². The van der Waals surface area contributed by atoms with Gasteiger partial charge in [0.05, 0.1) is 0 Å². The molecule has 0 rings (SSSR count). The second-order valence-corrected chi connectivity index (χ2v) is 5.19. The first-order chi connectivity index (χ1) is 8.06. The third-order valence-corrected chi connectivity index (χ3v) is 2.96. The van der Waals surface area contributed by atoms with Crippen molar-refractivity contribution in [3.8, 4) is 0 Å². The van der Waals surface area contributed by atoms with Crippen molar-refractivity contribution in [2.45, 2.75) is 84.2 Å². The van der Waals surface area contributed by atoms with Crippen LogP contribution in [-0.4, -0.2) is 18.0 Å². The Hall–Kier alpha value is -0.570. The molecule has 0 fully saturated rings. The normalized spacial score (nSPS) is 14.4. The molecule has 0 aliphatic heterocycles. The third-order valence-electron chi connectivity index (χ3n) is 2.96. The van der Waals surface area contributed by atoms with E-state index >= 15 is 0 Å². The van der Waals surface area contributed by atoms with Crippen molar-refractivity contribution in [3.05, 3.63) is 0 Å². The SMILES string of the molecule is CCCCCCC(C)NC(=O)CCCC(C)N. The van der Waals surface area contributed by atoms with Crippen LogP contribution >= 0.6 is 0 Å². The largest absolute Gasteiger partial charge is 0.354 e. The molecule has 0 aliphatic carbocycles. The summed E-state index contributed by atoms with van der Waals surface area (Å²) in [6.07, 6.45) is 8.59. The van der Waals surface area contributed by atoms with Gasteiger partial charge in [-0.1, -0.05) is 32.6 Å². The molecular weight excluding hydrogens is 212 g/mol. The first-order valence-corrected chi connectivity index (χ1v) is 7.11. The van der Waals surface area contributed by atoms with Crippen LogP contribution < -0.4 is 11.1 Å². The van der Waals surface area contributed by atoms with E-state index in [1.165, 1.54) is 25.7 Å². The predicted molar refractivity (Wildman–Crippen MR) is 73.9 cm³/mol. The van der Waals surface area contributed by atoms with E-state index in [1.807, 2.05) is 6.92 Å². The fourth-order valence-electron chi connectivity index (χ4n) is 1.88. The molecule has 0 aromatic heterocycles. The third kappa shape index (κ3) is 11.7. The fraction of sp³-hybridized carbons (Fsp3) is 0.929. The zero-order chi connectivity index (χ0) is 13.1. The molecule has 0 saturated carbocycles. The van der Waals surface area contributed by atoms with Gasteiger partial charge in [-0.05, 0) is 33.1 Å². The zero-order valence-corrected chi connectivity index (χ0v) is 11.8. The van der Waals surface area contributed by atoms with Crippen LogP contribution in [0.15, 0.2) is 0 Å². The van der Waals surface area contributed by atoms with E-state index in [1.54, 1.807) is 0 Å². The zero-order valence-electron chi connectivity index (χ0n) is 11.8. The number of unbranched alkanes of at least 4 members (excludes halogenated alkanes) is 3. The fourth-order valence-corrected chi connectivity index (χ4v) is 1.88. The Bertz CT molecular complexity index is 193. The molecule has 0 aliphatic rings. The van der Waals surface area contributed by atoms with E-state index < -0.39 is 0 Å². The summed E-state index contributed by atoms with van der Waals surface area (Å²) in [6.45, 7) is 6.29. The molecule has 0 aromatic rings. The molecule has 3 N–H and O–H groups in total. The number of rotatable bonds is 10. The van der Waals surface area contributed by atoms with Crippen molar-refractivity contribution in [3.63, 3.8) is 0 Å². The molecule has 3 heteroatoms. The monoisotopic (exact) mass is 242 g/mol. The van der Waals surface area contributed by atoms with Crippen LogP contribution in [0.25, 0.3) is 0 Å². The van der Waals surface area contributed by atoms with Gasteiger partial charge in [0, 0.05) is 18.5 Å². The molecule has 0 saturated heterocycles. The lowest BCUT2D eigenvalue weighted by atomic mass is 10.1. The lowest BCUT2D eigenvalue weighted by Crippen LogP contribution is -2.32. The van der Waals surface area contributed by atoms with Crippen LogP contribution in [0.5, 0.6) is 0 Å². The number of hydrogen-bond donors (Lipinski definition) is 2. The van der Waals surface area contributed by atoms with Gasteiger partial charge >= 0.3 is 0 Å². The van der Waals surface area contributed by atoms with Crippen molar-refractivity contribution in [1.82, 2.24) is 5.32 Å². The number of carbonyl (C=O) groups is 1. The van der Waals surface area contributed by atoms with Crippen molar-refractivity contribution in [1.29, 1.82) is 0 Å². The maximum absolute atomic E-state index is 11.6. The van der Waals surface area contributed by atoms with E-state index in [2.05, 4.69) is 19.2 Å². The van der Waals surface area contributed by atoms with E-state index in [4.69, 9.17) is 5.73 Å². The van der Waals surface area contributed by atoms with E-state index in [-0.39, 0.29) is 11.9 Å². The first kappa shape index (κ1) is 16.4. The van der Waals surface area contributed by atoms with Crippen LogP contribution in [-0.2, 0) is 4.79 Å². The van der Waals surface area contributed by atoms with Crippen molar-refractivity contribution in [2.75, 3.05) is 0 Å². The van der Waals surface area contributed by atoms with Gasteiger partial charge in [0.25, 0.3) is 0 Å². The summed E-state index contributed by atoms with van der Waals surface area (Å²) in [5, 5.41) is 3.05. The summed E-state index contributed by atoms with van der Waals surface area (Å²) >= 11 is 0. The molecule has 0 aromatic carbocycles. The highest BCUT2D eigenvalue weighted by Crippen LogP contribution is 2.06. The quantitative estimate of drug-likeness (QED) is 0.579. The molecular formula is C14H30N2O. The minimum atomic E-state index is 0.175. The minimum absolute atomic E-state index is 0.175. The van der Waals surface area contributed by atoms with Gasteiger partial charge in [-0.15, -0.1) is 0 Å². The van der Waals surface area contributed by atoms with Crippen LogP contribution in [0.2, 0.25) is 0 Å². The summed E-state index contributed by atoms with van der Waals surface area (Å²) in [5.74, 6) is 0.175. The topological polar surface area (TPSA) is 55.1 Å². The van der Waals surface area contributed by atoms with Gasteiger partial charge in [-0.3, -0.25) is 4.79 Å². The van der Waals surface area contributed by atoms with Crippen LogP contribution in [0.4, 0.5) is 0 Å². The Kier molecular flexibility index (Phi) is 10.2. The number of amides is 1. The number of nitrogens with one attached hydrogen (secondary N) is 1. The highest BCUT2D eigenvalue weighted by Gasteiger charge is 2.07. The molecule has 2 unspecified atom stereocenters. The van der Waals surface area contributed by atoms with Gasteiger partial charge in [0.1, 0.15) is 0 Å². The highest BCUT2D eigenvalue weighted by molar-refractivity contribution is 5.76. The maximum Gasteiger partial charge on any atom is 0.220 e. The molecule has 102 valence electrons. The van der Waals surface area contributed by atoms with Crippen molar-refractivity contribution < 1.29 is 4.79 Å². The number of carbonyl (C=O) groups excluding carboxylic acids is 1. The summed E-state index contributed by atoms with van der Waals surface area (Å²) < 4.78 is 0. The van der Waals surface area contributed by atoms with E-state index in [9.17, 15) is 4.79 Å². The number of nitrogens with two attached hydrogens (primary N) is 1. The molecule has 1 amide bonds. The Morgan fingerprint density at radius 1 is 1.12 bits per heavy atom. The van der Waals surface area contributed by atoms with Gasteiger partial charge in [0.15, 0.2) is 0 Å². The molecule has 0 bridgehead atoms. The van der Waals surface area contributed by atoms with E-state index in [0.29, 0.717) is 12.5 Å². The lowest BCUT2D eigenvalue weighted by Gasteiger charge is -2.14. The van der Waals surface area contributed by atoms with Gasteiger partial charge in [0.2, 0.25) is 5.91 Å². The Morgan fingerprint density at radius 3 is 2.41 bits per heavy atom. The average molecular weight is 242 g/mol. The van der Waals surface area contributed by atoms with E-state index in [0.717, 1.165) is 19.3 Å². The summed E-state index contributed by atoms with van der Waals surface area (Å²) in [6, 6.07) is 0.518. The molecule has 3 nitrogen and oxygen atoms in total. The Balaban J connectivity index is 3.45. The summed E-state index contributed by atoms with van der Waals surface area (Å²) in [4.78, 5) is 11.6. The number of hydrogen-bond acceptors (Lipinski definition) is 2. The van der Waals surface area contributed by atoms with Crippen LogP contribution in [0, 0.1) is 0 Å². The van der Waals surface area contributed by atoms with Crippen molar-refractivity contribution in [2.24, 2.45) is 5.73 Å². The van der Waals surface area contributed by atoms with Crippen LogP contribution in [0.3, 0.4) is 0 Å². The molecule has 0 radical (unpaired) electrons.